The molecule has 1 aromatic heterocycles. The van der Waals surface area contributed by atoms with Crippen LogP contribution in [0.2, 0.25) is 5.02 Å². The van der Waals surface area contributed by atoms with Crippen LogP contribution in [0.3, 0.4) is 0 Å². The van der Waals surface area contributed by atoms with E-state index in [9.17, 15) is 0 Å². The van der Waals surface area contributed by atoms with Crippen molar-refractivity contribution >= 4 is 46.5 Å². The highest BCUT2D eigenvalue weighted by Gasteiger charge is 2.22. The van der Waals surface area contributed by atoms with E-state index in [4.69, 9.17) is 33.8 Å². The summed E-state index contributed by atoms with van der Waals surface area (Å²) in [5.41, 5.74) is 0.998. The number of anilines is 3. The highest BCUT2D eigenvalue weighted by Crippen LogP contribution is 2.27. The van der Waals surface area contributed by atoms with Gasteiger partial charge in [0.1, 0.15) is 11.6 Å². The lowest BCUT2D eigenvalue weighted by Gasteiger charge is -2.32. The fourth-order valence-corrected chi connectivity index (χ4v) is 4.47. The summed E-state index contributed by atoms with van der Waals surface area (Å²) in [4.78, 5) is 14.3. The van der Waals surface area contributed by atoms with E-state index in [1.54, 1.807) is 0 Å². The number of aromatic nitrogens is 2. The molecular weight excluding hydrogens is 416 g/mol. The molecule has 2 saturated heterocycles. The van der Waals surface area contributed by atoms with Crippen LogP contribution in [0.4, 0.5) is 17.6 Å². The van der Waals surface area contributed by atoms with Gasteiger partial charge in [0.05, 0.1) is 0 Å². The molecule has 2 aliphatic heterocycles. The number of nitrogens with zero attached hydrogens (tertiary/aromatic N) is 4. The van der Waals surface area contributed by atoms with Crippen LogP contribution in [-0.2, 0) is 6.54 Å². The first-order valence-corrected chi connectivity index (χ1v) is 11.5. The molecule has 0 bridgehead atoms. The molecule has 0 spiro atoms. The van der Waals surface area contributed by atoms with E-state index < -0.39 is 0 Å². The van der Waals surface area contributed by atoms with Crippen molar-refractivity contribution in [3.63, 3.8) is 0 Å². The topological polar surface area (TPSA) is 56.3 Å². The van der Waals surface area contributed by atoms with E-state index in [0.29, 0.717) is 23.5 Å². The monoisotopic (exact) mass is 444 g/mol. The lowest BCUT2D eigenvalue weighted by Crippen LogP contribution is -2.35. The van der Waals surface area contributed by atoms with E-state index >= 15 is 0 Å². The minimum atomic E-state index is 0.492. The Kier molecular flexibility index (Phi) is 6.89. The maximum atomic E-state index is 6.24. The lowest BCUT2D eigenvalue weighted by atomic mass is 10.0. The van der Waals surface area contributed by atoms with Gasteiger partial charge in [-0.25, -0.2) is 0 Å². The Bertz CT molecular complexity index is 886. The molecule has 2 aromatic rings. The fraction of sp³-hybridized carbons (Fsp3) is 0.500. The quantitative estimate of drug-likeness (QED) is 0.660. The molecule has 160 valence electrons. The van der Waals surface area contributed by atoms with Crippen LogP contribution in [0.25, 0.3) is 0 Å². The summed E-state index contributed by atoms with van der Waals surface area (Å²) >= 11 is 11.7. The third-order valence-electron chi connectivity index (χ3n) is 5.73. The predicted octanol–water partition coefficient (Wildman–Crippen LogP) is 4.45. The molecule has 0 amide bonds. The molecule has 8 heteroatoms. The van der Waals surface area contributed by atoms with Crippen LogP contribution < -0.4 is 20.4 Å². The molecule has 1 atom stereocenters. The maximum Gasteiger partial charge on any atom is 0.232 e. The average molecular weight is 445 g/mol. The lowest BCUT2D eigenvalue weighted by molar-refractivity contribution is 0.444. The zero-order valence-corrected chi connectivity index (χ0v) is 19.0. The summed E-state index contributed by atoms with van der Waals surface area (Å²) in [5, 5.41) is 7.62. The summed E-state index contributed by atoms with van der Waals surface area (Å²) < 4.78 is 0. The van der Waals surface area contributed by atoms with Gasteiger partial charge in [-0.2, -0.15) is 9.97 Å². The zero-order chi connectivity index (χ0) is 20.9. The molecule has 0 saturated carbocycles. The number of benzene rings is 1. The van der Waals surface area contributed by atoms with E-state index in [2.05, 4.69) is 33.4 Å². The SMILES string of the molecule is C[C@@H]1CCCN(c2cc(N3CCCC3)nc(NC(=S)NCc3ccccc3Cl)n2)C1. The van der Waals surface area contributed by atoms with Crippen molar-refractivity contribution in [1.29, 1.82) is 0 Å². The van der Waals surface area contributed by atoms with Crippen molar-refractivity contribution in [3.8, 4) is 0 Å². The molecule has 0 unspecified atom stereocenters. The third-order valence-corrected chi connectivity index (χ3v) is 6.35. The van der Waals surface area contributed by atoms with Gasteiger partial charge in [-0.05, 0) is 55.4 Å². The molecule has 2 fully saturated rings. The summed E-state index contributed by atoms with van der Waals surface area (Å²) in [7, 11) is 0. The largest absolute Gasteiger partial charge is 0.358 e. The molecular formula is C22H29ClN6S. The standard InChI is InChI=1S/C22H29ClN6S/c1-16-7-6-12-29(15-16)20-13-19(28-10-4-5-11-28)25-21(26-20)27-22(30)24-14-17-8-2-3-9-18(17)23/h2-3,8-9,13,16H,4-7,10-12,14-15H2,1H3,(H2,24,25,26,27,30)/t16-/m1/s1. The number of piperidine rings is 1. The zero-order valence-electron chi connectivity index (χ0n) is 17.4. The van der Waals surface area contributed by atoms with Crippen molar-refractivity contribution in [2.24, 2.45) is 5.92 Å². The van der Waals surface area contributed by atoms with Crippen LogP contribution in [0.15, 0.2) is 30.3 Å². The summed E-state index contributed by atoms with van der Waals surface area (Å²) in [5.74, 6) is 3.19. The predicted molar refractivity (Wildman–Crippen MR) is 129 cm³/mol. The highest BCUT2D eigenvalue weighted by molar-refractivity contribution is 7.80. The van der Waals surface area contributed by atoms with Crippen LogP contribution in [0.1, 0.15) is 38.2 Å². The van der Waals surface area contributed by atoms with Crippen molar-refractivity contribution in [1.82, 2.24) is 15.3 Å². The second-order valence-electron chi connectivity index (χ2n) is 8.19. The number of thiocarbonyl (C=S) groups is 1. The first-order valence-electron chi connectivity index (χ1n) is 10.8. The van der Waals surface area contributed by atoms with Crippen molar-refractivity contribution < 1.29 is 0 Å². The summed E-state index contributed by atoms with van der Waals surface area (Å²) in [6.07, 6.45) is 4.90. The molecule has 6 nitrogen and oxygen atoms in total. The Morgan fingerprint density at radius 2 is 1.80 bits per heavy atom. The number of rotatable bonds is 5. The molecule has 2 N–H and O–H groups in total. The molecule has 0 aliphatic carbocycles. The second kappa shape index (κ2) is 9.79. The summed E-state index contributed by atoms with van der Waals surface area (Å²) in [6, 6.07) is 9.88. The van der Waals surface area contributed by atoms with Crippen LogP contribution in [-0.4, -0.2) is 41.3 Å². The van der Waals surface area contributed by atoms with Gasteiger partial charge in [-0.1, -0.05) is 36.7 Å². The minimum Gasteiger partial charge on any atom is -0.358 e. The van der Waals surface area contributed by atoms with Gasteiger partial charge in [0.15, 0.2) is 5.11 Å². The van der Waals surface area contributed by atoms with Gasteiger partial charge in [0.25, 0.3) is 0 Å². The van der Waals surface area contributed by atoms with Gasteiger partial charge in [0.2, 0.25) is 5.95 Å². The Labute approximate surface area is 189 Å². The normalized spacial score (nSPS) is 19.1. The Morgan fingerprint density at radius 3 is 2.53 bits per heavy atom. The van der Waals surface area contributed by atoms with Gasteiger partial charge in [0, 0.05) is 43.8 Å². The van der Waals surface area contributed by atoms with Gasteiger partial charge >= 0.3 is 0 Å². The van der Waals surface area contributed by atoms with Crippen LogP contribution >= 0.6 is 23.8 Å². The average Bonchev–Trinajstić information content (AvgIpc) is 3.28. The number of hydrogen-bond donors (Lipinski definition) is 2. The van der Waals surface area contributed by atoms with Crippen molar-refractivity contribution in [2.75, 3.05) is 41.3 Å². The van der Waals surface area contributed by atoms with E-state index in [0.717, 1.165) is 48.4 Å². The molecule has 0 radical (unpaired) electrons. The molecule has 30 heavy (non-hydrogen) atoms. The Morgan fingerprint density at radius 1 is 1.10 bits per heavy atom. The minimum absolute atomic E-state index is 0.492. The molecule has 1 aromatic carbocycles. The van der Waals surface area contributed by atoms with E-state index in [1.807, 2.05) is 24.3 Å². The van der Waals surface area contributed by atoms with Gasteiger partial charge in [-0.3, -0.25) is 0 Å². The smallest absolute Gasteiger partial charge is 0.232 e. The first kappa shape index (κ1) is 21.1. The van der Waals surface area contributed by atoms with Crippen molar-refractivity contribution in [3.05, 3.63) is 40.9 Å². The molecule has 3 heterocycles. The van der Waals surface area contributed by atoms with E-state index in [-0.39, 0.29) is 0 Å². The van der Waals surface area contributed by atoms with Crippen LogP contribution in [0.5, 0.6) is 0 Å². The summed E-state index contributed by atoms with van der Waals surface area (Å²) in [6.45, 7) is 7.01. The highest BCUT2D eigenvalue weighted by atomic mass is 35.5. The Balaban J connectivity index is 1.49. The molecule has 4 rings (SSSR count). The number of hydrogen-bond acceptors (Lipinski definition) is 5. The van der Waals surface area contributed by atoms with Crippen LogP contribution in [0, 0.1) is 5.92 Å². The van der Waals surface area contributed by atoms with Gasteiger partial charge in [-0.15, -0.1) is 0 Å². The van der Waals surface area contributed by atoms with E-state index in [1.165, 1.54) is 25.7 Å². The maximum absolute atomic E-state index is 6.24. The third kappa shape index (κ3) is 5.32. The number of nitrogens with one attached hydrogen (secondary N) is 2. The van der Waals surface area contributed by atoms with Crippen molar-refractivity contribution in [2.45, 2.75) is 39.2 Å². The molecule has 2 aliphatic rings. The Hall–Kier alpha value is -2.12. The second-order valence-corrected chi connectivity index (χ2v) is 9.01. The number of halogens is 1. The van der Waals surface area contributed by atoms with Gasteiger partial charge < -0.3 is 20.4 Å². The fourth-order valence-electron chi connectivity index (χ4n) is 4.11. The first-order chi connectivity index (χ1) is 14.6.